The van der Waals surface area contributed by atoms with Gasteiger partial charge in [-0.05, 0) is 128 Å². The Morgan fingerprint density at radius 1 is 0.212 bits per heavy atom. The second-order valence-electron chi connectivity index (χ2n) is 23.3. The lowest BCUT2D eigenvalue weighted by molar-refractivity contribution is -0.0643. The predicted octanol–water partition coefficient (Wildman–Crippen LogP) is 14.3. The molecule has 0 aliphatic heterocycles. The number of rotatable bonds is 30. The standard InChI is InChI=1S/C33H28O8.C27H26O6.C24H20O6/c34-29(25-13-5-1-6-14-25)38-21-33(22-39-30(35)26-15-7-2-8-16-26,23-40-31(36)27-17-9-3-10-18-27)24-41-32(37)28-19-11-4-12-20-28;1-2-27(18-31-24(28)21-12-6-3-7-13-21,19-32-25(29)22-14-8-4-9-15-22)20-33-26(30)23-16-10-5-11-17-23;25-22(18-10-4-1-5-11-18)28-16-21(30-24(27)20-14-8-3-9-15-20)17-29-23(26)19-12-6-2-7-13-19/h1-20H,21-24H2;3-17H,2,18-20H2,1H3;1-15,21H,16-17H2. The van der Waals surface area contributed by atoms with Crippen molar-refractivity contribution in [3.63, 3.8) is 0 Å². The minimum Gasteiger partial charge on any atom is -0.461 e. The lowest BCUT2D eigenvalue weighted by Gasteiger charge is -2.31. The van der Waals surface area contributed by atoms with Crippen molar-refractivity contribution in [1.82, 2.24) is 0 Å². The van der Waals surface area contributed by atoms with Crippen LogP contribution in [0, 0.1) is 10.8 Å². The molecule has 0 aliphatic rings. The number of ether oxygens (including phenoxy) is 10. The molecular formula is C84H74O20. The fraction of sp³-hybridized carbons (Fsp3) is 0.167. The first-order chi connectivity index (χ1) is 50.6. The zero-order valence-corrected chi connectivity index (χ0v) is 56.7. The summed E-state index contributed by atoms with van der Waals surface area (Å²) in [5.41, 5.74) is 1.15. The van der Waals surface area contributed by atoms with Gasteiger partial charge in [-0.1, -0.05) is 189 Å². The molecule has 10 rings (SSSR count). The third kappa shape index (κ3) is 25.0. The number of hydrogen-bond acceptors (Lipinski definition) is 20. The molecule has 0 saturated carbocycles. The molecule has 0 amide bonds. The minimum atomic E-state index is -1.43. The number of carbonyl (C=O) groups is 10. The van der Waals surface area contributed by atoms with Gasteiger partial charge in [0, 0.05) is 0 Å². The van der Waals surface area contributed by atoms with E-state index in [0.717, 1.165) is 0 Å². The van der Waals surface area contributed by atoms with Crippen LogP contribution in [-0.4, -0.2) is 125 Å². The molecule has 0 N–H and O–H groups in total. The molecule has 0 atom stereocenters. The molecule has 20 heteroatoms. The highest BCUT2D eigenvalue weighted by Crippen LogP contribution is 2.28. The lowest BCUT2D eigenvalue weighted by atomic mass is 9.88. The number of hydrogen-bond donors (Lipinski definition) is 0. The molecule has 0 unspecified atom stereocenters. The van der Waals surface area contributed by atoms with E-state index >= 15 is 0 Å². The zero-order valence-electron chi connectivity index (χ0n) is 56.7. The van der Waals surface area contributed by atoms with Crippen LogP contribution in [0.3, 0.4) is 0 Å². The molecule has 0 spiro atoms. The van der Waals surface area contributed by atoms with Crippen LogP contribution in [0.2, 0.25) is 0 Å². The van der Waals surface area contributed by atoms with Crippen LogP contribution in [0.4, 0.5) is 0 Å². The largest absolute Gasteiger partial charge is 0.461 e. The molecule has 104 heavy (non-hydrogen) atoms. The van der Waals surface area contributed by atoms with Crippen molar-refractivity contribution in [3.8, 4) is 0 Å². The summed E-state index contributed by atoms with van der Waals surface area (Å²) in [4.78, 5) is 126. The summed E-state index contributed by atoms with van der Waals surface area (Å²) in [6.07, 6.45) is -0.516. The highest BCUT2D eigenvalue weighted by molar-refractivity contribution is 5.94. The molecule has 0 aliphatic carbocycles. The Hall–Kier alpha value is -13.1. The summed E-state index contributed by atoms with van der Waals surface area (Å²) in [6, 6.07) is 84.3. The molecule has 0 heterocycles. The maximum Gasteiger partial charge on any atom is 0.338 e. The molecule has 10 aromatic carbocycles. The molecular weight excluding hydrogens is 1330 g/mol. The van der Waals surface area contributed by atoms with Crippen molar-refractivity contribution in [2.45, 2.75) is 19.4 Å². The second kappa shape index (κ2) is 40.8. The van der Waals surface area contributed by atoms with Gasteiger partial charge in [0.25, 0.3) is 0 Å². The van der Waals surface area contributed by atoms with Gasteiger partial charge in [-0.3, -0.25) is 0 Å². The third-order valence-electron chi connectivity index (χ3n) is 15.5. The zero-order chi connectivity index (χ0) is 73.6. The molecule has 0 saturated heterocycles. The van der Waals surface area contributed by atoms with Crippen molar-refractivity contribution in [2.24, 2.45) is 10.8 Å². The van der Waals surface area contributed by atoms with Gasteiger partial charge in [-0.25, -0.2) is 47.9 Å². The van der Waals surface area contributed by atoms with E-state index in [9.17, 15) is 47.9 Å². The van der Waals surface area contributed by atoms with Crippen LogP contribution in [-0.2, 0) is 47.4 Å². The SMILES string of the molecule is CCC(COC(=O)c1ccccc1)(COC(=O)c1ccccc1)COC(=O)c1ccccc1.O=C(OCC(COC(=O)c1ccccc1)(COC(=O)c1ccccc1)COC(=O)c1ccccc1)c1ccccc1.O=C(OCC(COC(=O)c1ccccc1)OC(=O)c1ccccc1)c1ccccc1. The van der Waals surface area contributed by atoms with Gasteiger partial charge in [0.1, 0.15) is 64.9 Å². The molecule has 0 fully saturated rings. The molecule has 530 valence electrons. The van der Waals surface area contributed by atoms with Gasteiger partial charge >= 0.3 is 59.7 Å². The summed E-state index contributed by atoms with van der Waals surface area (Å²) in [5, 5.41) is 0. The topological polar surface area (TPSA) is 263 Å². The van der Waals surface area contributed by atoms with E-state index in [1.807, 2.05) is 6.92 Å². The molecule has 10 aromatic rings. The smallest absolute Gasteiger partial charge is 0.338 e. The van der Waals surface area contributed by atoms with Crippen molar-refractivity contribution < 1.29 is 95.3 Å². The summed E-state index contributed by atoms with van der Waals surface area (Å²) >= 11 is 0. The maximum absolute atomic E-state index is 12.8. The van der Waals surface area contributed by atoms with E-state index in [1.165, 1.54) is 0 Å². The Kier molecular flexibility index (Phi) is 30.1. The Morgan fingerprint density at radius 3 is 0.519 bits per heavy atom. The van der Waals surface area contributed by atoms with E-state index in [0.29, 0.717) is 62.1 Å². The van der Waals surface area contributed by atoms with Crippen molar-refractivity contribution >= 4 is 59.7 Å². The summed E-state index contributed by atoms with van der Waals surface area (Å²) in [6.45, 7) is -0.421. The molecule has 0 bridgehead atoms. The Morgan fingerprint density at radius 2 is 0.356 bits per heavy atom. The lowest BCUT2D eigenvalue weighted by Crippen LogP contribution is -2.44. The average Bonchev–Trinajstić information content (AvgIpc) is 0.828. The molecule has 20 nitrogen and oxygen atoms in total. The van der Waals surface area contributed by atoms with Gasteiger partial charge < -0.3 is 47.4 Å². The van der Waals surface area contributed by atoms with Crippen molar-refractivity contribution in [3.05, 3.63) is 359 Å². The van der Waals surface area contributed by atoms with E-state index in [-0.39, 0.29) is 59.5 Å². The van der Waals surface area contributed by atoms with Gasteiger partial charge in [0.15, 0.2) is 6.10 Å². The van der Waals surface area contributed by atoms with Crippen LogP contribution in [0.25, 0.3) is 0 Å². The van der Waals surface area contributed by atoms with Crippen LogP contribution in [0.15, 0.2) is 303 Å². The van der Waals surface area contributed by atoms with Crippen LogP contribution in [0.5, 0.6) is 0 Å². The quantitative estimate of drug-likeness (QED) is 0.0299. The molecule has 0 radical (unpaired) electrons. The van der Waals surface area contributed by atoms with E-state index in [4.69, 9.17) is 47.4 Å². The summed E-state index contributed by atoms with van der Waals surface area (Å²) in [5.74, 6) is -5.82. The minimum absolute atomic E-state index is 0.0820. The Bertz CT molecular complexity index is 3930. The average molecular weight is 1400 g/mol. The third-order valence-corrected chi connectivity index (χ3v) is 15.5. The fourth-order valence-electron chi connectivity index (χ4n) is 9.38. The van der Waals surface area contributed by atoms with E-state index in [1.54, 1.807) is 303 Å². The first-order valence-corrected chi connectivity index (χ1v) is 32.9. The number of benzene rings is 10. The fourth-order valence-corrected chi connectivity index (χ4v) is 9.38. The molecule has 0 aromatic heterocycles. The van der Waals surface area contributed by atoms with Crippen LogP contribution in [0.1, 0.15) is 117 Å². The summed E-state index contributed by atoms with van der Waals surface area (Å²) < 4.78 is 54.9. The second-order valence-corrected chi connectivity index (χ2v) is 23.3. The van der Waals surface area contributed by atoms with E-state index < -0.39 is 76.6 Å². The first-order valence-electron chi connectivity index (χ1n) is 32.9. The predicted molar refractivity (Wildman–Crippen MR) is 381 cm³/mol. The number of esters is 10. The number of carbonyl (C=O) groups excluding carboxylic acids is 10. The maximum atomic E-state index is 12.8. The van der Waals surface area contributed by atoms with Gasteiger partial charge in [0.2, 0.25) is 0 Å². The Balaban J connectivity index is 0.000000200. The van der Waals surface area contributed by atoms with Crippen LogP contribution >= 0.6 is 0 Å². The van der Waals surface area contributed by atoms with Crippen molar-refractivity contribution in [2.75, 3.05) is 59.5 Å². The van der Waals surface area contributed by atoms with E-state index in [2.05, 4.69) is 0 Å². The summed E-state index contributed by atoms with van der Waals surface area (Å²) in [7, 11) is 0. The van der Waals surface area contributed by atoms with Gasteiger partial charge in [0.05, 0.1) is 61.0 Å². The Labute approximate surface area is 600 Å². The van der Waals surface area contributed by atoms with Crippen molar-refractivity contribution in [1.29, 1.82) is 0 Å². The highest BCUT2D eigenvalue weighted by Gasteiger charge is 2.39. The monoisotopic (exact) mass is 1400 g/mol. The normalized spacial score (nSPS) is 10.6. The van der Waals surface area contributed by atoms with Crippen LogP contribution < -0.4 is 0 Å². The van der Waals surface area contributed by atoms with Gasteiger partial charge in [-0.2, -0.15) is 0 Å². The van der Waals surface area contributed by atoms with Gasteiger partial charge in [-0.15, -0.1) is 0 Å². The first kappa shape index (κ1) is 76.7. The highest BCUT2D eigenvalue weighted by atomic mass is 16.6.